The molecule has 6 nitrogen and oxygen atoms in total. The third-order valence-corrected chi connectivity index (χ3v) is 4.79. The van der Waals surface area contributed by atoms with E-state index in [-0.39, 0.29) is 12.1 Å². The number of aromatic nitrogens is 4. The maximum absolute atomic E-state index is 5.62. The number of rotatable bonds is 6. The van der Waals surface area contributed by atoms with Crippen molar-refractivity contribution in [3.05, 3.63) is 35.2 Å². The molecular formula is C18H29N5O. The van der Waals surface area contributed by atoms with Crippen LogP contribution >= 0.6 is 0 Å². The van der Waals surface area contributed by atoms with E-state index in [1.807, 2.05) is 10.9 Å². The Morgan fingerprint density at radius 2 is 2.17 bits per heavy atom. The smallest absolute Gasteiger partial charge is 0.124 e. The van der Waals surface area contributed by atoms with Gasteiger partial charge in [0.25, 0.3) is 0 Å². The Morgan fingerprint density at radius 1 is 1.38 bits per heavy atom. The number of H-pyrrole nitrogens is 1. The Morgan fingerprint density at radius 3 is 2.79 bits per heavy atom. The molecule has 0 spiro atoms. The summed E-state index contributed by atoms with van der Waals surface area (Å²) in [4.78, 5) is 10.6. The molecule has 0 radical (unpaired) electrons. The molecule has 1 aliphatic heterocycles. The molecule has 1 aliphatic rings. The summed E-state index contributed by atoms with van der Waals surface area (Å²) in [5.74, 6) is 1.66. The van der Waals surface area contributed by atoms with Crippen molar-refractivity contribution in [1.82, 2.24) is 24.6 Å². The van der Waals surface area contributed by atoms with Crippen LogP contribution in [0, 0.1) is 19.8 Å². The van der Waals surface area contributed by atoms with Crippen LogP contribution in [-0.2, 0) is 17.8 Å². The number of hydrogen-bond donors (Lipinski definition) is 1. The van der Waals surface area contributed by atoms with Crippen molar-refractivity contribution < 1.29 is 4.74 Å². The summed E-state index contributed by atoms with van der Waals surface area (Å²) in [6.45, 7) is 11.3. The lowest BCUT2D eigenvalue weighted by molar-refractivity contribution is 0.107. The summed E-state index contributed by atoms with van der Waals surface area (Å²) in [5.41, 5.74) is 3.48. The molecule has 1 fully saturated rings. The molecule has 3 rings (SSSR count). The Kier molecular flexibility index (Phi) is 5.06. The summed E-state index contributed by atoms with van der Waals surface area (Å²) in [5, 5.41) is 4.49. The van der Waals surface area contributed by atoms with Gasteiger partial charge in [-0.1, -0.05) is 13.8 Å². The zero-order chi connectivity index (χ0) is 17.3. The molecule has 2 atom stereocenters. The van der Waals surface area contributed by atoms with Crippen molar-refractivity contribution >= 4 is 0 Å². The van der Waals surface area contributed by atoms with Gasteiger partial charge in [-0.15, -0.1) is 0 Å². The van der Waals surface area contributed by atoms with Gasteiger partial charge in [0.15, 0.2) is 0 Å². The van der Waals surface area contributed by atoms with E-state index in [0.717, 1.165) is 43.3 Å². The van der Waals surface area contributed by atoms with Gasteiger partial charge in [-0.25, -0.2) is 4.98 Å². The van der Waals surface area contributed by atoms with Gasteiger partial charge in [0.2, 0.25) is 0 Å². The summed E-state index contributed by atoms with van der Waals surface area (Å²) in [7, 11) is 1.80. The third kappa shape index (κ3) is 3.70. The number of aryl methyl sites for hydroxylation is 2. The highest BCUT2D eigenvalue weighted by atomic mass is 16.5. The van der Waals surface area contributed by atoms with Crippen LogP contribution in [0.25, 0.3) is 0 Å². The summed E-state index contributed by atoms with van der Waals surface area (Å²) >= 11 is 0. The number of methoxy groups -OCH3 is 1. The predicted octanol–water partition coefficient (Wildman–Crippen LogP) is 2.84. The minimum absolute atomic E-state index is 0.256. The SMILES string of the molecule is CO[C@@H]1C[C@@H](c2nc(C)c(C)[nH]2)N(Cc2cnn(CC(C)C)c2)C1. The normalized spacial score (nSPS) is 21.9. The van der Waals surface area contributed by atoms with Crippen molar-refractivity contribution in [3.8, 4) is 0 Å². The van der Waals surface area contributed by atoms with Crippen LogP contribution in [-0.4, -0.2) is 44.4 Å². The molecule has 24 heavy (non-hydrogen) atoms. The van der Waals surface area contributed by atoms with Crippen LogP contribution < -0.4 is 0 Å². The fraction of sp³-hybridized carbons (Fsp3) is 0.667. The average Bonchev–Trinajstić information content (AvgIpc) is 3.20. The van der Waals surface area contributed by atoms with E-state index in [4.69, 9.17) is 9.72 Å². The van der Waals surface area contributed by atoms with Gasteiger partial charge < -0.3 is 9.72 Å². The van der Waals surface area contributed by atoms with Crippen molar-refractivity contribution in [3.63, 3.8) is 0 Å². The largest absolute Gasteiger partial charge is 0.380 e. The van der Waals surface area contributed by atoms with Crippen LogP contribution in [0.4, 0.5) is 0 Å². The maximum Gasteiger partial charge on any atom is 0.124 e. The zero-order valence-corrected chi connectivity index (χ0v) is 15.4. The van der Waals surface area contributed by atoms with Crippen LogP contribution in [0.1, 0.15) is 49.1 Å². The van der Waals surface area contributed by atoms with Crippen molar-refractivity contribution in [2.24, 2.45) is 5.92 Å². The number of aromatic amines is 1. The highest BCUT2D eigenvalue weighted by Crippen LogP contribution is 2.33. The third-order valence-electron chi connectivity index (χ3n) is 4.79. The monoisotopic (exact) mass is 331 g/mol. The van der Waals surface area contributed by atoms with Gasteiger partial charge >= 0.3 is 0 Å². The lowest BCUT2D eigenvalue weighted by atomic mass is 10.2. The van der Waals surface area contributed by atoms with E-state index in [2.05, 4.69) is 48.9 Å². The van der Waals surface area contributed by atoms with Crippen molar-refractivity contribution in [2.45, 2.75) is 59.4 Å². The van der Waals surface area contributed by atoms with E-state index in [1.165, 1.54) is 5.56 Å². The van der Waals surface area contributed by atoms with E-state index in [1.54, 1.807) is 7.11 Å². The fourth-order valence-electron chi connectivity index (χ4n) is 3.42. The second kappa shape index (κ2) is 7.07. The fourth-order valence-corrected chi connectivity index (χ4v) is 3.42. The van der Waals surface area contributed by atoms with Crippen LogP contribution in [0.5, 0.6) is 0 Å². The second-order valence-electron chi connectivity index (χ2n) is 7.34. The highest BCUT2D eigenvalue weighted by molar-refractivity contribution is 5.15. The molecule has 1 N–H and O–H groups in total. The zero-order valence-electron chi connectivity index (χ0n) is 15.4. The van der Waals surface area contributed by atoms with Gasteiger partial charge in [0.1, 0.15) is 5.82 Å². The molecule has 2 aromatic heterocycles. The highest BCUT2D eigenvalue weighted by Gasteiger charge is 2.35. The van der Waals surface area contributed by atoms with E-state index in [0.29, 0.717) is 5.92 Å². The first-order chi connectivity index (χ1) is 11.5. The first-order valence-corrected chi connectivity index (χ1v) is 8.77. The van der Waals surface area contributed by atoms with Gasteiger partial charge in [0.05, 0.1) is 24.0 Å². The number of hydrogen-bond acceptors (Lipinski definition) is 4. The Balaban J connectivity index is 1.75. The molecule has 0 aliphatic carbocycles. The summed E-state index contributed by atoms with van der Waals surface area (Å²) < 4.78 is 7.66. The number of nitrogens with one attached hydrogen (secondary N) is 1. The standard InChI is InChI=1S/C18H29N5O/c1-12(2)8-23-10-15(7-19-23)9-22-11-16(24-5)6-17(22)18-20-13(3)14(4)21-18/h7,10,12,16-17H,6,8-9,11H2,1-5H3,(H,20,21)/t16-,17+/m1/s1. The Hall–Kier alpha value is -1.66. The molecule has 0 saturated carbocycles. The molecule has 2 aromatic rings. The molecule has 0 amide bonds. The number of imidazole rings is 1. The molecule has 1 saturated heterocycles. The number of ether oxygens (including phenoxy) is 1. The molecule has 0 aromatic carbocycles. The molecule has 0 bridgehead atoms. The van der Waals surface area contributed by atoms with E-state index < -0.39 is 0 Å². The quantitative estimate of drug-likeness (QED) is 0.884. The van der Waals surface area contributed by atoms with Gasteiger partial charge in [0, 0.05) is 44.2 Å². The van der Waals surface area contributed by atoms with Gasteiger partial charge in [-0.3, -0.25) is 9.58 Å². The summed E-state index contributed by atoms with van der Waals surface area (Å²) in [6, 6.07) is 0.274. The lowest BCUT2D eigenvalue weighted by Gasteiger charge is -2.21. The van der Waals surface area contributed by atoms with Crippen molar-refractivity contribution in [2.75, 3.05) is 13.7 Å². The maximum atomic E-state index is 5.62. The number of likely N-dealkylation sites (tertiary alicyclic amines) is 1. The first-order valence-electron chi connectivity index (χ1n) is 8.77. The minimum Gasteiger partial charge on any atom is -0.380 e. The lowest BCUT2D eigenvalue weighted by Crippen LogP contribution is -2.25. The molecule has 3 heterocycles. The van der Waals surface area contributed by atoms with Crippen LogP contribution in [0.3, 0.4) is 0 Å². The topological polar surface area (TPSA) is 59.0 Å². The predicted molar refractivity (Wildman–Crippen MR) is 93.7 cm³/mol. The Labute approximate surface area is 144 Å². The van der Waals surface area contributed by atoms with Crippen LogP contribution in [0.2, 0.25) is 0 Å². The summed E-state index contributed by atoms with van der Waals surface area (Å²) in [6.07, 6.45) is 5.38. The van der Waals surface area contributed by atoms with Crippen LogP contribution in [0.15, 0.2) is 12.4 Å². The van der Waals surface area contributed by atoms with Gasteiger partial charge in [-0.05, 0) is 26.2 Å². The molecule has 132 valence electrons. The van der Waals surface area contributed by atoms with Crippen molar-refractivity contribution in [1.29, 1.82) is 0 Å². The van der Waals surface area contributed by atoms with E-state index >= 15 is 0 Å². The minimum atomic E-state index is 0.256. The van der Waals surface area contributed by atoms with E-state index in [9.17, 15) is 0 Å². The van der Waals surface area contributed by atoms with Gasteiger partial charge in [-0.2, -0.15) is 5.10 Å². The first kappa shape index (κ1) is 17.2. The second-order valence-corrected chi connectivity index (χ2v) is 7.34. The molecular weight excluding hydrogens is 302 g/mol. The average molecular weight is 331 g/mol. The molecule has 0 unspecified atom stereocenters. The number of nitrogens with zero attached hydrogens (tertiary/aromatic N) is 4. The molecule has 6 heteroatoms. The Bertz CT molecular complexity index is 655.